The van der Waals surface area contributed by atoms with Crippen molar-refractivity contribution in [1.29, 1.82) is 0 Å². The minimum absolute atomic E-state index is 0.182. The quantitative estimate of drug-likeness (QED) is 0.413. The van der Waals surface area contributed by atoms with Crippen molar-refractivity contribution in [1.82, 2.24) is 4.90 Å². The number of imide groups is 1. The molecule has 1 aromatic rings. The van der Waals surface area contributed by atoms with Crippen LogP contribution in [0.2, 0.25) is 0 Å². The Labute approximate surface area is 180 Å². The number of benzene rings is 1. The molecule has 2 fully saturated rings. The van der Waals surface area contributed by atoms with Crippen molar-refractivity contribution in [2.24, 2.45) is 11.8 Å². The maximum atomic E-state index is 12.9. The van der Waals surface area contributed by atoms with Gasteiger partial charge in [0.15, 0.2) is 0 Å². The second kappa shape index (κ2) is 8.29. The number of thiocarbonyl (C=S) groups is 1. The second-order valence-corrected chi connectivity index (χ2v) is 10.7. The van der Waals surface area contributed by atoms with Crippen LogP contribution in [-0.4, -0.2) is 39.4 Å². The molecule has 0 bridgehead atoms. The van der Waals surface area contributed by atoms with Crippen molar-refractivity contribution in [2.45, 2.75) is 31.9 Å². The molecule has 1 aromatic carbocycles. The Morgan fingerprint density at radius 2 is 1.85 bits per heavy atom. The Bertz CT molecular complexity index is 749. The van der Waals surface area contributed by atoms with Crippen LogP contribution in [0.25, 0.3) is 0 Å². The van der Waals surface area contributed by atoms with E-state index in [2.05, 4.69) is 50.6 Å². The Morgan fingerprint density at radius 3 is 2.46 bits per heavy atom. The second-order valence-electron chi connectivity index (χ2n) is 7.09. The van der Waals surface area contributed by atoms with Crippen LogP contribution in [0.3, 0.4) is 0 Å². The summed E-state index contributed by atoms with van der Waals surface area (Å²) in [6, 6.07) is 5.42. The molecule has 8 heteroatoms. The molecule has 3 atom stereocenters. The van der Waals surface area contributed by atoms with E-state index >= 15 is 0 Å². The third-order valence-electron chi connectivity index (χ3n) is 4.63. The Morgan fingerprint density at radius 1 is 1.19 bits per heavy atom. The first-order valence-corrected chi connectivity index (χ1v) is 11.4. The summed E-state index contributed by atoms with van der Waals surface area (Å²) in [4.78, 5) is 28.8. The Balaban J connectivity index is 1.71. The first kappa shape index (κ1) is 20.3. The monoisotopic (exact) mass is 518 g/mol. The molecule has 3 rings (SSSR count). The lowest BCUT2D eigenvalue weighted by atomic mass is 9.92. The highest BCUT2D eigenvalue weighted by Gasteiger charge is 2.42. The number of thioether (sulfide) groups is 1. The fourth-order valence-corrected chi connectivity index (χ4v) is 6.32. The molecule has 26 heavy (non-hydrogen) atoms. The number of piperidine rings is 1. The number of carbonyl (C=O) groups is 2. The molecule has 0 aromatic heterocycles. The summed E-state index contributed by atoms with van der Waals surface area (Å²) in [5.74, 6) is 0.809. The number of likely N-dealkylation sites (tertiary alicyclic amines) is 1. The van der Waals surface area contributed by atoms with E-state index in [4.69, 9.17) is 12.2 Å². The summed E-state index contributed by atoms with van der Waals surface area (Å²) < 4.78 is 2.32. The zero-order chi connectivity index (χ0) is 19.0. The molecule has 2 saturated heterocycles. The molecule has 0 spiro atoms. The van der Waals surface area contributed by atoms with E-state index < -0.39 is 5.25 Å². The van der Waals surface area contributed by atoms with E-state index in [1.165, 1.54) is 23.1 Å². The van der Waals surface area contributed by atoms with Gasteiger partial charge >= 0.3 is 0 Å². The average molecular weight is 520 g/mol. The Kier molecular flexibility index (Phi) is 6.47. The number of hydrogen-bond acceptors (Lipinski definition) is 4. The highest BCUT2D eigenvalue weighted by molar-refractivity contribution is 9.11. The van der Waals surface area contributed by atoms with Gasteiger partial charge in [-0.3, -0.25) is 9.59 Å². The zero-order valence-electron chi connectivity index (χ0n) is 14.6. The topological polar surface area (TPSA) is 40.6 Å². The average Bonchev–Trinajstić information content (AvgIpc) is 2.81. The summed E-state index contributed by atoms with van der Waals surface area (Å²) in [6.45, 7) is 6.31. The molecule has 0 saturated carbocycles. The van der Waals surface area contributed by atoms with Crippen LogP contribution in [-0.2, 0) is 9.59 Å². The number of amides is 2. The first-order valence-electron chi connectivity index (χ1n) is 8.53. The molecule has 0 aliphatic carbocycles. The lowest BCUT2D eigenvalue weighted by molar-refractivity contribution is -0.121. The maximum Gasteiger partial charge on any atom is 0.247 e. The molecule has 0 radical (unpaired) electrons. The van der Waals surface area contributed by atoms with Gasteiger partial charge in [0.05, 0.1) is 5.69 Å². The van der Waals surface area contributed by atoms with Gasteiger partial charge in [-0.25, -0.2) is 4.90 Å². The summed E-state index contributed by atoms with van der Waals surface area (Å²) in [5.41, 5.74) is 0.581. The number of nitrogens with zero attached hydrogens (tertiary/aromatic N) is 2. The molecule has 140 valence electrons. The van der Waals surface area contributed by atoms with Crippen LogP contribution in [0.5, 0.6) is 0 Å². The largest absolute Gasteiger partial charge is 0.357 e. The predicted octanol–water partition coefficient (Wildman–Crippen LogP) is 4.84. The number of hydrogen-bond donors (Lipinski definition) is 0. The van der Waals surface area contributed by atoms with Gasteiger partial charge < -0.3 is 4.90 Å². The molecular weight excluding hydrogens is 500 g/mol. The molecule has 2 aliphatic rings. The van der Waals surface area contributed by atoms with Gasteiger partial charge in [0.25, 0.3) is 0 Å². The van der Waals surface area contributed by atoms with E-state index in [0.29, 0.717) is 22.0 Å². The summed E-state index contributed by atoms with van der Waals surface area (Å²) in [6.07, 6.45) is 1.39. The van der Waals surface area contributed by atoms with Gasteiger partial charge in [0.2, 0.25) is 11.8 Å². The van der Waals surface area contributed by atoms with Gasteiger partial charge in [-0.05, 0) is 52.4 Å². The number of carbonyl (C=O) groups excluding carboxylic acids is 2. The van der Waals surface area contributed by atoms with Gasteiger partial charge in [0, 0.05) is 28.5 Å². The normalized spacial score (nSPS) is 26.5. The van der Waals surface area contributed by atoms with Crippen molar-refractivity contribution in [3.63, 3.8) is 0 Å². The lowest BCUT2D eigenvalue weighted by Crippen LogP contribution is -2.41. The molecule has 4 nitrogen and oxygen atoms in total. The molecule has 2 heterocycles. The Hall–Kier alpha value is -0.440. The van der Waals surface area contributed by atoms with Crippen molar-refractivity contribution < 1.29 is 9.59 Å². The van der Waals surface area contributed by atoms with Crippen LogP contribution in [0.15, 0.2) is 27.1 Å². The van der Waals surface area contributed by atoms with E-state index in [-0.39, 0.29) is 18.2 Å². The fraction of sp³-hybridized carbons (Fsp3) is 0.500. The smallest absolute Gasteiger partial charge is 0.247 e. The SMILES string of the molecule is C[C@@H]1C[C@H](C)CN(C(=S)S[C@@H]2CC(=O)N(c3ccc(Br)cc3Br)C2=O)C1. The lowest BCUT2D eigenvalue weighted by Gasteiger charge is -2.36. The van der Waals surface area contributed by atoms with Crippen molar-refractivity contribution in [2.75, 3.05) is 18.0 Å². The van der Waals surface area contributed by atoms with Crippen molar-refractivity contribution in [3.8, 4) is 0 Å². The maximum absolute atomic E-state index is 12.9. The van der Waals surface area contributed by atoms with Gasteiger partial charge in [0.1, 0.15) is 9.57 Å². The van der Waals surface area contributed by atoms with Crippen molar-refractivity contribution >= 4 is 77.7 Å². The van der Waals surface area contributed by atoms with Crippen LogP contribution >= 0.6 is 55.8 Å². The van der Waals surface area contributed by atoms with Crippen LogP contribution < -0.4 is 4.90 Å². The molecule has 0 N–H and O–H groups in total. The van der Waals surface area contributed by atoms with Gasteiger partial charge in [-0.1, -0.05) is 53.8 Å². The third-order valence-corrected chi connectivity index (χ3v) is 7.41. The fourth-order valence-electron chi connectivity index (χ4n) is 3.62. The van der Waals surface area contributed by atoms with E-state index in [1.807, 2.05) is 12.1 Å². The number of halogens is 2. The predicted molar refractivity (Wildman–Crippen MR) is 117 cm³/mol. The van der Waals surface area contributed by atoms with Crippen LogP contribution in [0.4, 0.5) is 5.69 Å². The third kappa shape index (κ3) is 4.34. The number of anilines is 1. The summed E-state index contributed by atoms with van der Waals surface area (Å²) in [5, 5.41) is -0.446. The minimum Gasteiger partial charge on any atom is -0.357 e. The first-order chi connectivity index (χ1) is 12.3. The molecule has 2 aliphatic heterocycles. The number of rotatable bonds is 2. The van der Waals surface area contributed by atoms with E-state index in [9.17, 15) is 9.59 Å². The van der Waals surface area contributed by atoms with Gasteiger partial charge in [-0.2, -0.15) is 0 Å². The molecule has 2 amide bonds. The van der Waals surface area contributed by atoms with E-state index in [1.54, 1.807) is 6.07 Å². The molecular formula is C18H20Br2N2O2S2. The van der Waals surface area contributed by atoms with Crippen LogP contribution in [0.1, 0.15) is 26.7 Å². The van der Waals surface area contributed by atoms with Gasteiger partial charge in [-0.15, -0.1) is 0 Å². The van der Waals surface area contributed by atoms with E-state index in [0.717, 1.165) is 21.9 Å². The molecule has 0 unspecified atom stereocenters. The standard InChI is InChI=1S/C18H20Br2N2O2S2/c1-10-5-11(2)9-21(8-10)18(25)26-15-7-16(23)22(17(15)24)14-4-3-12(19)6-13(14)20/h3-4,6,10-11,15H,5,7-9H2,1-2H3/t10-,11+,15-/m1/s1. The highest BCUT2D eigenvalue weighted by atomic mass is 79.9. The zero-order valence-corrected chi connectivity index (χ0v) is 19.4. The summed E-state index contributed by atoms with van der Waals surface area (Å²) >= 11 is 13.8. The van der Waals surface area contributed by atoms with Crippen LogP contribution in [0, 0.1) is 11.8 Å². The highest BCUT2D eigenvalue weighted by Crippen LogP contribution is 2.36. The van der Waals surface area contributed by atoms with Crippen molar-refractivity contribution in [3.05, 3.63) is 27.1 Å². The summed E-state index contributed by atoms with van der Waals surface area (Å²) in [7, 11) is 0. The minimum atomic E-state index is -0.446.